The molecule has 3 nitrogen and oxygen atoms in total. The van der Waals surface area contributed by atoms with Crippen LogP contribution in [-0.2, 0) is 0 Å². The molecule has 0 radical (unpaired) electrons. The minimum absolute atomic E-state index is 0.159. The molecule has 3 rings (SSSR count). The highest BCUT2D eigenvalue weighted by Crippen LogP contribution is 2.35. The van der Waals surface area contributed by atoms with Gasteiger partial charge in [0.05, 0.1) is 10.5 Å². The third-order valence-electron chi connectivity index (χ3n) is 3.09. The number of rotatable bonds is 2. The second-order valence-corrected chi connectivity index (χ2v) is 5.13. The van der Waals surface area contributed by atoms with E-state index in [0.29, 0.717) is 6.61 Å². The molecule has 2 heterocycles. The van der Waals surface area contributed by atoms with Gasteiger partial charge in [0.15, 0.2) is 0 Å². The molecule has 1 N–H and O–H groups in total. The van der Waals surface area contributed by atoms with Gasteiger partial charge in [-0.05, 0) is 40.5 Å². The van der Waals surface area contributed by atoms with Gasteiger partial charge < -0.3 is 10.1 Å². The highest BCUT2D eigenvalue weighted by atomic mass is 79.9. The molecule has 1 aromatic carbocycles. The molecule has 2 aromatic rings. The van der Waals surface area contributed by atoms with Crippen LogP contribution in [0, 0.1) is 6.92 Å². The molecule has 0 aliphatic carbocycles. The maximum Gasteiger partial charge on any atom is 0.141 e. The molecule has 1 aliphatic heterocycles. The van der Waals surface area contributed by atoms with Gasteiger partial charge in [0.1, 0.15) is 18.2 Å². The van der Waals surface area contributed by atoms with Crippen molar-refractivity contribution < 1.29 is 4.74 Å². The zero-order valence-corrected chi connectivity index (χ0v) is 11.6. The van der Waals surface area contributed by atoms with Crippen LogP contribution in [-0.4, -0.2) is 11.6 Å². The molecular formula is C14H13BrN2O. The van der Waals surface area contributed by atoms with E-state index in [1.807, 2.05) is 30.5 Å². The van der Waals surface area contributed by atoms with Crippen LogP contribution in [0.3, 0.4) is 0 Å². The molecule has 0 amide bonds. The number of para-hydroxylation sites is 1. The number of anilines is 1. The van der Waals surface area contributed by atoms with Crippen LogP contribution in [0.15, 0.2) is 41.0 Å². The number of aromatic nitrogens is 1. The fourth-order valence-corrected chi connectivity index (χ4v) is 2.44. The van der Waals surface area contributed by atoms with E-state index in [0.717, 1.165) is 16.0 Å². The van der Waals surface area contributed by atoms with Crippen molar-refractivity contribution in [3.8, 4) is 5.75 Å². The molecule has 92 valence electrons. The number of benzene rings is 1. The predicted octanol–water partition coefficient (Wildman–Crippen LogP) is 3.70. The standard InChI is InChI=1S/C14H13BrN2O/c1-9-6-7-16-14(13(9)15)17-11-8-18-12-5-3-2-4-10(11)12/h2-7,11H,8H2,1H3,(H,16,17). The molecule has 0 fully saturated rings. The van der Waals surface area contributed by atoms with Crippen LogP contribution in [0.2, 0.25) is 0 Å². The number of nitrogens with zero attached hydrogens (tertiary/aromatic N) is 1. The Hall–Kier alpha value is -1.55. The molecule has 0 bridgehead atoms. The van der Waals surface area contributed by atoms with Gasteiger partial charge >= 0.3 is 0 Å². The number of hydrogen-bond donors (Lipinski definition) is 1. The largest absolute Gasteiger partial charge is 0.491 e. The summed E-state index contributed by atoms with van der Waals surface area (Å²) >= 11 is 3.56. The van der Waals surface area contributed by atoms with E-state index in [1.54, 1.807) is 0 Å². The third-order valence-corrected chi connectivity index (χ3v) is 4.09. The first kappa shape index (κ1) is 11.5. The Bertz CT molecular complexity index is 586. The molecule has 1 aromatic heterocycles. The molecule has 1 unspecified atom stereocenters. The van der Waals surface area contributed by atoms with Crippen molar-refractivity contribution in [3.63, 3.8) is 0 Å². The van der Waals surface area contributed by atoms with E-state index in [-0.39, 0.29) is 6.04 Å². The summed E-state index contributed by atoms with van der Waals surface area (Å²) in [7, 11) is 0. The number of pyridine rings is 1. The van der Waals surface area contributed by atoms with Crippen molar-refractivity contribution in [3.05, 3.63) is 52.1 Å². The van der Waals surface area contributed by atoms with Crippen LogP contribution in [0.25, 0.3) is 0 Å². The van der Waals surface area contributed by atoms with Crippen LogP contribution in [0.4, 0.5) is 5.82 Å². The first-order valence-electron chi connectivity index (χ1n) is 5.85. The Balaban J connectivity index is 1.89. The molecule has 0 saturated heterocycles. The average Bonchev–Trinajstić information content (AvgIpc) is 2.79. The molecule has 0 saturated carbocycles. The first-order valence-corrected chi connectivity index (χ1v) is 6.64. The van der Waals surface area contributed by atoms with Crippen LogP contribution >= 0.6 is 15.9 Å². The second-order valence-electron chi connectivity index (χ2n) is 4.34. The van der Waals surface area contributed by atoms with Gasteiger partial charge in [-0.2, -0.15) is 0 Å². The zero-order chi connectivity index (χ0) is 12.5. The molecule has 1 atom stereocenters. The SMILES string of the molecule is Cc1ccnc(NC2COc3ccccc32)c1Br. The van der Waals surface area contributed by atoms with E-state index in [1.165, 1.54) is 11.1 Å². The number of nitrogens with one attached hydrogen (secondary N) is 1. The highest BCUT2D eigenvalue weighted by molar-refractivity contribution is 9.10. The van der Waals surface area contributed by atoms with Gasteiger partial charge in [0, 0.05) is 11.8 Å². The summed E-state index contributed by atoms with van der Waals surface area (Å²) in [5.74, 6) is 1.82. The van der Waals surface area contributed by atoms with Gasteiger partial charge in [0.2, 0.25) is 0 Å². The van der Waals surface area contributed by atoms with E-state index in [2.05, 4.69) is 39.2 Å². The molecule has 1 aliphatic rings. The number of hydrogen-bond acceptors (Lipinski definition) is 3. The van der Waals surface area contributed by atoms with Gasteiger partial charge in [-0.1, -0.05) is 18.2 Å². The Morgan fingerprint density at radius 1 is 1.33 bits per heavy atom. The molecule has 18 heavy (non-hydrogen) atoms. The van der Waals surface area contributed by atoms with Crippen molar-refractivity contribution in [2.75, 3.05) is 11.9 Å². The summed E-state index contributed by atoms with van der Waals surface area (Å²) in [5.41, 5.74) is 2.35. The number of ether oxygens (including phenoxy) is 1. The Labute approximate surface area is 114 Å². The Morgan fingerprint density at radius 3 is 3.06 bits per heavy atom. The summed E-state index contributed by atoms with van der Waals surface area (Å²) < 4.78 is 6.66. The van der Waals surface area contributed by atoms with Crippen molar-refractivity contribution in [1.82, 2.24) is 4.98 Å². The lowest BCUT2D eigenvalue weighted by molar-refractivity contribution is 0.339. The predicted molar refractivity (Wildman–Crippen MR) is 75.0 cm³/mol. The van der Waals surface area contributed by atoms with Gasteiger partial charge in [-0.15, -0.1) is 0 Å². The first-order chi connectivity index (χ1) is 8.75. The fraction of sp³-hybridized carbons (Fsp3) is 0.214. The topological polar surface area (TPSA) is 34.2 Å². The van der Waals surface area contributed by atoms with E-state index < -0.39 is 0 Å². The fourth-order valence-electron chi connectivity index (χ4n) is 2.09. The Morgan fingerprint density at radius 2 is 2.17 bits per heavy atom. The van der Waals surface area contributed by atoms with Gasteiger partial charge in [-0.3, -0.25) is 0 Å². The summed E-state index contributed by atoms with van der Waals surface area (Å²) in [5, 5.41) is 3.42. The van der Waals surface area contributed by atoms with E-state index >= 15 is 0 Å². The zero-order valence-electron chi connectivity index (χ0n) is 9.98. The lowest BCUT2D eigenvalue weighted by atomic mass is 10.1. The quantitative estimate of drug-likeness (QED) is 0.918. The van der Waals surface area contributed by atoms with Gasteiger partial charge in [-0.25, -0.2) is 4.98 Å². The maximum absolute atomic E-state index is 5.65. The smallest absolute Gasteiger partial charge is 0.141 e. The van der Waals surface area contributed by atoms with Crippen molar-refractivity contribution in [1.29, 1.82) is 0 Å². The normalized spacial score (nSPS) is 17.1. The summed E-state index contributed by atoms with van der Waals surface area (Å²) in [4.78, 5) is 4.36. The van der Waals surface area contributed by atoms with Crippen LogP contribution in [0.5, 0.6) is 5.75 Å². The van der Waals surface area contributed by atoms with Crippen molar-refractivity contribution in [2.24, 2.45) is 0 Å². The maximum atomic E-state index is 5.65. The van der Waals surface area contributed by atoms with Gasteiger partial charge in [0.25, 0.3) is 0 Å². The van der Waals surface area contributed by atoms with Crippen molar-refractivity contribution in [2.45, 2.75) is 13.0 Å². The van der Waals surface area contributed by atoms with Crippen LogP contribution in [0.1, 0.15) is 17.2 Å². The number of halogens is 1. The number of aryl methyl sites for hydroxylation is 1. The molecule has 0 spiro atoms. The average molecular weight is 305 g/mol. The minimum Gasteiger partial charge on any atom is -0.491 e. The van der Waals surface area contributed by atoms with Crippen LogP contribution < -0.4 is 10.1 Å². The van der Waals surface area contributed by atoms with E-state index in [4.69, 9.17) is 4.74 Å². The Kier molecular flexibility index (Phi) is 2.96. The minimum atomic E-state index is 0.159. The molecule has 4 heteroatoms. The second kappa shape index (κ2) is 4.61. The number of fused-ring (bicyclic) bond motifs is 1. The summed E-state index contributed by atoms with van der Waals surface area (Å²) in [6, 6.07) is 10.2. The lowest BCUT2D eigenvalue weighted by Crippen LogP contribution is -2.13. The van der Waals surface area contributed by atoms with E-state index in [9.17, 15) is 0 Å². The summed E-state index contributed by atoms with van der Waals surface area (Å²) in [6.45, 7) is 2.69. The third kappa shape index (κ3) is 1.97. The molecular weight excluding hydrogens is 292 g/mol. The lowest BCUT2D eigenvalue weighted by Gasteiger charge is -2.14. The van der Waals surface area contributed by atoms with Crippen molar-refractivity contribution >= 4 is 21.7 Å². The monoisotopic (exact) mass is 304 g/mol. The highest BCUT2D eigenvalue weighted by Gasteiger charge is 2.24. The summed E-state index contributed by atoms with van der Waals surface area (Å²) in [6.07, 6.45) is 1.81.